The highest BCUT2D eigenvalue weighted by Crippen LogP contribution is 2.19. The van der Waals surface area contributed by atoms with Crippen LogP contribution in [-0.2, 0) is 6.54 Å². The Bertz CT molecular complexity index is 844. The van der Waals surface area contributed by atoms with Gasteiger partial charge in [0.25, 0.3) is 5.91 Å². The van der Waals surface area contributed by atoms with E-state index in [1.165, 1.54) is 0 Å². The molecule has 124 valence electrons. The molecule has 2 aromatic heterocycles. The number of hydrogen-bond acceptors (Lipinski definition) is 4. The maximum atomic E-state index is 12.8. The van der Waals surface area contributed by atoms with Crippen LogP contribution in [0.2, 0.25) is 0 Å². The van der Waals surface area contributed by atoms with Gasteiger partial charge in [0.05, 0.1) is 17.9 Å². The fourth-order valence-electron chi connectivity index (χ4n) is 2.45. The molecule has 7 heteroatoms. The quantitative estimate of drug-likeness (QED) is 0.643. The van der Waals surface area contributed by atoms with Gasteiger partial charge in [-0.2, -0.15) is 0 Å². The van der Waals surface area contributed by atoms with Crippen molar-refractivity contribution in [1.82, 2.24) is 19.9 Å². The van der Waals surface area contributed by atoms with E-state index in [0.717, 1.165) is 20.7 Å². The van der Waals surface area contributed by atoms with Crippen LogP contribution in [-0.4, -0.2) is 32.3 Å². The van der Waals surface area contributed by atoms with Crippen molar-refractivity contribution in [1.29, 1.82) is 0 Å². The number of benzene rings is 1. The second-order valence-electron chi connectivity index (χ2n) is 5.31. The van der Waals surface area contributed by atoms with E-state index in [2.05, 4.69) is 26.2 Å². The number of hydrogen-bond donors (Lipinski definition) is 0. The lowest BCUT2D eigenvalue weighted by Crippen LogP contribution is -2.30. The summed E-state index contributed by atoms with van der Waals surface area (Å²) in [6, 6.07) is 11.8. The maximum Gasteiger partial charge on any atom is 0.276 e. The normalized spacial score (nSPS) is 10.8. The molecule has 0 aliphatic carbocycles. The smallest absolute Gasteiger partial charge is 0.276 e. The molecule has 0 bridgehead atoms. The lowest BCUT2D eigenvalue weighted by atomic mass is 10.2. The van der Waals surface area contributed by atoms with E-state index in [0.29, 0.717) is 18.8 Å². The van der Waals surface area contributed by atoms with Crippen LogP contribution in [0.3, 0.4) is 0 Å². The zero-order chi connectivity index (χ0) is 17.1. The first-order valence-corrected chi connectivity index (χ1v) is 9.27. The summed E-state index contributed by atoms with van der Waals surface area (Å²) >= 11 is 5.10. The summed E-state index contributed by atoms with van der Waals surface area (Å²) < 4.78 is 2.65. The molecule has 0 saturated carbocycles. The summed E-state index contributed by atoms with van der Waals surface area (Å²) in [5.74, 6) is -0.0929. The summed E-state index contributed by atoms with van der Waals surface area (Å²) in [7, 11) is 0. The molecule has 0 aliphatic rings. The molecule has 1 amide bonds. The standard InChI is InChI=1S/C17H17BrN4OS/c1-3-21(11-15-8-5-9-24-15)17(23)16-12(2)22(20-19-16)14-7-4-6-13(18)10-14/h4-10H,3,11H2,1-2H3. The van der Waals surface area contributed by atoms with E-state index >= 15 is 0 Å². The summed E-state index contributed by atoms with van der Waals surface area (Å²) in [5.41, 5.74) is 2.01. The Morgan fingerprint density at radius 2 is 2.17 bits per heavy atom. The number of halogens is 1. The Hall–Kier alpha value is -1.99. The molecule has 2 heterocycles. The molecule has 0 saturated heterocycles. The van der Waals surface area contributed by atoms with Crippen LogP contribution in [0.15, 0.2) is 46.3 Å². The molecule has 1 aromatic carbocycles. The summed E-state index contributed by atoms with van der Waals surface area (Å²) in [6.07, 6.45) is 0. The van der Waals surface area contributed by atoms with E-state index in [9.17, 15) is 4.79 Å². The van der Waals surface area contributed by atoms with Crippen molar-refractivity contribution in [2.75, 3.05) is 6.54 Å². The van der Waals surface area contributed by atoms with Gasteiger partial charge >= 0.3 is 0 Å². The molecule has 3 aromatic rings. The second-order valence-corrected chi connectivity index (χ2v) is 7.26. The van der Waals surface area contributed by atoms with E-state index in [-0.39, 0.29) is 5.91 Å². The van der Waals surface area contributed by atoms with Crippen molar-refractivity contribution in [3.05, 3.63) is 62.5 Å². The number of aromatic nitrogens is 3. The van der Waals surface area contributed by atoms with Gasteiger partial charge in [-0.25, -0.2) is 4.68 Å². The number of rotatable bonds is 5. The number of nitrogens with zero attached hydrogens (tertiary/aromatic N) is 4. The first kappa shape index (κ1) is 16.9. The Balaban J connectivity index is 1.88. The number of carbonyl (C=O) groups excluding carboxylic acids is 1. The van der Waals surface area contributed by atoms with Gasteiger partial charge in [0, 0.05) is 15.9 Å². The maximum absolute atomic E-state index is 12.8. The lowest BCUT2D eigenvalue weighted by molar-refractivity contribution is 0.0747. The van der Waals surface area contributed by atoms with Crippen molar-refractivity contribution < 1.29 is 4.79 Å². The van der Waals surface area contributed by atoms with Gasteiger partial charge in [-0.15, -0.1) is 16.4 Å². The van der Waals surface area contributed by atoms with Crippen LogP contribution in [0.4, 0.5) is 0 Å². The van der Waals surface area contributed by atoms with Crippen LogP contribution >= 0.6 is 27.3 Å². The number of thiophene rings is 1. The van der Waals surface area contributed by atoms with Crippen LogP contribution in [0.1, 0.15) is 28.0 Å². The average molecular weight is 405 g/mol. The summed E-state index contributed by atoms with van der Waals surface area (Å²) in [5, 5.41) is 10.3. The molecule has 24 heavy (non-hydrogen) atoms. The second kappa shape index (κ2) is 7.27. The number of carbonyl (C=O) groups is 1. The molecule has 0 unspecified atom stereocenters. The first-order valence-electron chi connectivity index (χ1n) is 7.60. The minimum absolute atomic E-state index is 0.0929. The Morgan fingerprint density at radius 1 is 1.33 bits per heavy atom. The predicted octanol–water partition coefficient (Wildman–Crippen LogP) is 4.06. The minimum atomic E-state index is -0.0929. The highest BCUT2D eigenvalue weighted by molar-refractivity contribution is 9.10. The molecule has 0 fully saturated rings. The average Bonchev–Trinajstić information content (AvgIpc) is 3.21. The molecule has 0 radical (unpaired) electrons. The van der Waals surface area contributed by atoms with Crippen LogP contribution in [0.25, 0.3) is 5.69 Å². The number of amides is 1. The van der Waals surface area contributed by atoms with E-state index < -0.39 is 0 Å². The fraction of sp³-hybridized carbons (Fsp3) is 0.235. The largest absolute Gasteiger partial charge is 0.332 e. The Kier molecular flexibility index (Phi) is 5.11. The molecule has 0 spiro atoms. The topological polar surface area (TPSA) is 51.0 Å². The van der Waals surface area contributed by atoms with Gasteiger partial charge < -0.3 is 4.90 Å². The first-order chi connectivity index (χ1) is 11.6. The van der Waals surface area contributed by atoms with Crippen LogP contribution in [0.5, 0.6) is 0 Å². The molecule has 0 N–H and O–H groups in total. The van der Waals surface area contributed by atoms with Crippen molar-refractivity contribution in [3.8, 4) is 5.69 Å². The van der Waals surface area contributed by atoms with E-state index in [4.69, 9.17) is 0 Å². The Labute approximate surface area is 153 Å². The molecule has 3 rings (SSSR count). The van der Waals surface area contributed by atoms with Gasteiger partial charge in [-0.1, -0.05) is 33.3 Å². The van der Waals surface area contributed by atoms with Crippen LogP contribution in [0, 0.1) is 6.92 Å². The third kappa shape index (κ3) is 3.42. The Morgan fingerprint density at radius 3 is 2.83 bits per heavy atom. The third-order valence-electron chi connectivity index (χ3n) is 3.75. The van der Waals surface area contributed by atoms with Crippen molar-refractivity contribution in [3.63, 3.8) is 0 Å². The molecular formula is C17H17BrN4OS. The van der Waals surface area contributed by atoms with Crippen molar-refractivity contribution in [2.24, 2.45) is 0 Å². The summed E-state index contributed by atoms with van der Waals surface area (Å²) in [4.78, 5) is 15.8. The fourth-order valence-corrected chi connectivity index (χ4v) is 3.55. The van der Waals surface area contributed by atoms with E-state index in [1.807, 2.05) is 55.6 Å². The van der Waals surface area contributed by atoms with Crippen molar-refractivity contribution in [2.45, 2.75) is 20.4 Å². The van der Waals surface area contributed by atoms with Gasteiger partial charge in [-0.3, -0.25) is 4.79 Å². The zero-order valence-corrected chi connectivity index (χ0v) is 15.8. The highest BCUT2D eigenvalue weighted by atomic mass is 79.9. The van der Waals surface area contributed by atoms with Gasteiger partial charge in [-0.05, 0) is 43.5 Å². The van der Waals surface area contributed by atoms with Crippen molar-refractivity contribution >= 4 is 33.2 Å². The monoisotopic (exact) mass is 404 g/mol. The highest BCUT2D eigenvalue weighted by Gasteiger charge is 2.22. The van der Waals surface area contributed by atoms with Gasteiger partial charge in [0.1, 0.15) is 0 Å². The van der Waals surface area contributed by atoms with E-state index in [1.54, 1.807) is 20.9 Å². The molecule has 0 atom stereocenters. The predicted molar refractivity (Wildman–Crippen MR) is 98.5 cm³/mol. The SMILES string of the molecule is CCN(Cc1cccs1)C(=O)c1nnn(-c2cccc(Br)c2)c1C. The minimum Gasteiger partial charge on any atom is -0.332 e. The lowest BCUT2D eigenvalue weighted by Gasteiger charge is -2.19. The third-order valence-corrected chi connectivity index (χ3v) is 5.10. The molecule has 0 aliphatic heterocycles. The molecule has 5 nitrogen and oxygen atoms in total. The van der Waals surface area contributed by atoms with Crippen LogP contribution < -0.4 is 0 Å². The summed E-state index contributed by atoms with van der Waals surface area (Å²) in [6.45, 7) is 5.06. The van der Waals surface area contributed by atoms with Gasteiger partial charge in [0.2, 0.25) is 0 Å². The van der Waals surface area contributed by atoms with Gasteiger partial charge in [0.15, 0.2) is 5.69 Å². The molecular weight excluding hydrogens is 388 g/mol. The zero-order valence-electron chi connectivity index (χ0n) is 13.4.